The fourth-order valence-corrected chi connectivity index (χ4v) is 5.15. The summed E-state index contributed by atoms with van der Waals surface area (Å²) >= 11 is 0. The Morgan fingerprint density at radius 3 is 2.38 bits per heavy atom. The first-order valence-corrected chi connectivity index (χ1v) is 11.4. The quantitative estimate of drug-likeness (QED) is 0.754. The van der Waals surface area contributed by atoms with Crippen LogP contribution in [0.1, 0.15) is 30.9 Å². The average Bonchev–Trinajstić information content (AvgIpc) is 3.07. The molecule has 0 bridgehead atoms. The van der Waals surface area contributed by atoms with Crippen LogP contribution in [-0.2, 0) is 21.2 Å². The van der Waals surface area contributed by atoms with Gasteiger partial charge in [-0.1, -0.05) is 12.1 Å². The van der Waals surface area contributed by atoms with Gasteiger partial charge in [0, 0.05) is 44.5 Å². The van der Waals surface area contributed by atoms with Crippen molar-refractivity contribution in [3.63, 3.8) is 0 Å². The number of benzene rings is 2. The third kappa shape index (κ3) is 4.97. The number of carbonyl (C=O) groups excluding carboxylic acids is 1. The number of anilines is 2. The van der Waals surface area contributed by atoms with Gasteiger partial charge in [0.25, 0.3) is 0 Å². The zero-order valence-electron chi connectivity index (χ0n) is 17.5. The van der Waals surface area contributed by atoms with E-state index in [0.29, 0.717) is 24.9 Å². The van der Waals surface area contributed by atoms with Crippen LogP contribution in [-0.4, -0.2) is 41.0 Å². The number of rotatable bonds is 7. The van der Waals surface area contributed by atoms with Crippen molar-refractivity contribution in [3.05, 3.63) is 53.6 Å². The Labute approximate surface area is 173 Å². The molecule has 1 aliphatic heterocycles. The Kier molecular flexibility index (Phi) is 6.29. The largest absolute Gasteiger partial charge is 0.378 e. The summed E-state index contributed by atoms with van der Waals surface area (Å²) in [5, 5.41) is 0. The molecule has 1 saturated heterocycles. The van der Waals surface area contributed by atoms with Crippen LogP contribution in [0.3, 0.4) is 0 Å². The van der Waals surface area contributed by atoms with Gasteiger partial charge in [-0.25, -0.2) is 13.1 Å². The summed E-state index contributed by atoms with van der Waals surface area (Å²) in [6.45, 7) is 4.32. The first kappa shape index (κ1) is 21.3. The number of sulfonamides is 1. The summed E-state index contributed by atoms with van der Waals surface area (Å²) < 4.78 is 28.6. The predicted molar refractivity (Wildman–Crippen MR) is 117 cm³/mol. The molecule has 1 fully saturated rings. The van der Waals surface area contributed by atoms with Crippen LogP contribution in [0, 0.1) is 6.92 Å². The lowest BCUT2D eigenvalue weighted by molar-refractivity contribution is -0.117. The summed E-state index contributed by atoms with van der Waals surface area (Å²) in [6.07, 6.45) is 1.99. The van der Waals surface area contributed by atoms with Gasteiger partial charge in [0.05, 0.1) is 4.90 Å². The van der Waals surface area contributed by atoms with Gasteiger partial charge >= 0.3 is 0 Å². The molecule has 1 unspecified atom stereocenters. The van der Waals surface area contributed by atoms with Gasteiger partial charge in [-0.15, -0.1) is 0 Å². The third-order valence-corrected chi connectivity index (χ3v) is 6.93. The molecular formula is C22H29N3O3S. The molecule has 6 nitrogen and oxygen atoms in total. The van der Waals surface area contributed by atoms with E-state index in [1.165, 1.54) is 0 Å². The number of hydrogen-bond donors (Lipinski definition) is 1. The van der Waals surface area contributed by atoms with Gasteiger partial charge in [-0.3, -0.25) is 4.79 Å². The number of amides is 1. The van der Waals surface area contributed by atoms with Crippen LogP contribution in [0.25, 0.3) is 0 Å². The molecule has 3 rings (SSSR count). The van der Waals surface area contributed by atoms with Crippen LogP contribution in [0.4, 0.5) is 11.4 Å². The molecule has 7 heteroatoms. The monoisotopic (exact) mass is 415 g/mol. The second-order valence-corrected chi connectivity index (χ2v) is 9.57. The van der Waals surface area contributed by atoms with Gasteiger partial charge in [-0.05, 0) is 68.1 Å². The van der Waals surface area contributed by atoms with E-state index >= 15 is 0 Å². The summed E-state index contributed by atoms with van der Waals surface area (Å²) in [4.78, 5) is 15.9. The van der Waals surface area contributed by atoms with Crippen LogP contribution >= 0.6 is 0 Å². The summed E-state index contributed by atoms with van der Waals surface area (Å²) in [6, 6.07) is 12.9. The van der Waals surface area contributed by atoms with E-state index in [2.05, 4.69) is 4.72 Å². The molecule has 156 valence electrons. The lowest BCUT2D eigenvalue weighted by atomic mass is 10.1. The highest BCUT2D eigenvalue weighted by atomic mass is 32.2. The molecule has 0 saturated carbocycles. The summed E-state index contributed by atoms with van der Waals surface area (Å²) in [5.74, 6) is 0.0899. The maximum absolute atomic E-state index is 12.9. The standard InChI is InChI=1S/C22H29N3O3S/c1-16-14-20(25-13-5-6-22(25)26)11-12-21(16)29(27,28)23-17(2)15-18-7-9-19(10-8-18)24(3)4/h7-12,14,17,23H,5-6,13,15H2,1-4H3. The van der Waals surface area contributed by atoms with E-state index in [1.807, 2.05) is 50.2 Å². The predicted octanol–water partition coefficient (Wildman–Crippen LogP) is 3.10. The van der Waals surface area contributed by atoms with Crippen LogP contribution in [0.2, 0.25) is 0 Å². The van der Waals surface area contributed by atoms with Gasteiger partial charge in [0.2, 0.25) is 15.9 Å². The Hall–Kier alpha value is -2.38. The molecule has 0 aliphatic carbocycles. The normalized spacial score (nSPS) is 15.6. The van der Waals surface area contributed by atoms with Crippen LogP contribution < -0.4 is 14.5 Å². The lowest BCUT2D eigenvalue weighted by Gasteiger charge is -2.19. The molecule has 29 heavy (non-hydrogen) atoms. The molecule has 0 aromatic heterocycles. The van der Waals surface area contributed by atoms with Crippen molar-refractivity contribution in [1.82, 2.24) is 4.72 Å². The van der Waals surface area contributed by atoms with Crippen molar-refractivity contribution in [2.24, 2.45) is 0 Å². The van der Waals surface area contributed by atoms with Crippen molar-refractivity contribution in [3.8, 4) is 0 Å². The second kappa shape index (κ2) is 8.55. The minimum absolute atomic E-state index is 0.0899. The number of hydrogen-bond acceptors (Lipinski definition) is 4. The topological polar surface area (TPSA) is 69.7 Å². The van der Waals surface area contributed by atoms with Crippen molar-refractivity contribution < 1.29 is 13.2 Å². The molecule has 2 aromatic rings. The molecule has 1 aliphatic rings. The van der Waals surface area contributed by atoms with E-state index < -0.39 is 10.0 Å². The number of aryl methyl sites for hydroxylation is 1. The molecule has 1 atom stereocenters. The van der Waals surface area contributed by atoms with Gasteiger partial charge in [0.1, 0.15) is 0 Å². The highest BCUT2D eigenvalue weighted by molar-refractivity contribution is 7.89. The SMILES string of the molecule is Cc1cc(N2CCCC2=O)ccc1S(=O)(=O)NC(C)Cc1ccc(N(C)C)cc1. The minimum Gasteiger partial charge on any atom is -0.378 e. The zero-order chi connectivity index (χ0) is 21.2. The van der Waals surface area contributed by atoms with E-state index in [-0.39, 0.29) is 16.8 Å². The first-order valence-electron chi connectivity index (χ1n) is 9.87. The molecule has 2 aromatic carbocycles. The smallest absolute Gasteiger partial charge is 0.241 e. The average molecular weight is 416 g/mol. The highest BCUT2D eigenvalue weighted by Crippen LogP contribution is 2.26. The number of nitrogens with zero attached hydrogens (tertiary/aromatic N) is 2. The summed E-state index contributed by atoms with van der Waals surface area (Å²) in [7, 11) is 0.323. The maximum atomic E-state index is 12.9. The molecule has 1 heterocycles. The number of carbonyl (C=O) groups is 1. The van der Waals surface area contributed by atoms with Crippen LogP contribution in [0.5, 0.6) is 0 Å². The van der Waals surface area contributed by atoms with Crippen molar-refractivity contribution in [1.29, 1.82) is 0 Å². The molecule has 1 N–H and O–H groups in total. The Morgan fingerprint density at radius 1 is 1.14 bits per heavy atom. The van der Waals surface area contributed by atoms with E-state index in [1.54, 1.807) is 30.0 Å². The Balaban J connectivity index is 1.70. The fourth-order valence-electron chi connectivity index (χ4n) is 3.68. The Bertz CT molecular complexity index is 985. The van der Waals surface area contributed by atoms with Crippen molar-refractivity contribution in [2.45, 2.75) is 44.0 Å². The highest BCUT2D eigenvalue weighted by Gasteiger charge is 2.24. The van der Waals surface area contributed by atoms with Crippen molar-refractivity contribution >= 4 is 27.3 Å². The van der Waals surface area contributed by atoms with E-state index in [9.17, 15) is 13.2 Å². The molecule has 0 spiro atoms. The molecule has 0 radical (unpaired) electrons. The molecule has 1 amide bonds. The van der Waals surface area contributed by atoms with Crippen molar-refractivity contribution in [2.75, 3.05) is 30.4 Å². The van der Waals surface area contributed by atoms with Gasteiger partial charge in [0.15, 0.2) is 0 Å². The van der Waals surface area contributed by atoms with E-state index in [4.69, 9.17) is 0 Å². The fraction of sp³-hybridized carbons (Fsp3) is 0.409. The molecular weight excluding hydrogens is 386 g/mol. The minimum atomic E-state index is -3.65. The number of nitrogens with one attached hydrogen (secondary N) is 1. The lowest BCUT2D eigenvalue weighted by Crippen LogP contribution is -2.34. The van der Waals surface area contributed by atoms with Crippen LogP contribution in [0.15, 0.2) is 47.4 Å². The van der Waals surface area contributed by atoms with Gasteiger partial charge in [-0.2, -0.15) is 0 Å². The zero-order valence-corrected chi connectivity index (χ0v) is 18.3. The Morgan fingerprint density at radius 2 is 1.83 bits per heavy atom. The third-order valence-electron chi connectivity index (χ3n) is 5.18. The summed E-state index contributed by atoms with van der Waals surface area (Å²) in [5.41, 5.74) is 3.58. The first-order chi connectivity index (χ1) is 13.7. The van der Waals surface area contributed by atoms with E-state index in [0.717, 1.165) is 23.4 Å². The maximum Gasteiger partial charge on any atom is 0.241 e. The van der Waals surface area contributed by atoms with Gasteiger partial charge < -0.3 is 9.80 Å². The second-order valence-electron chi connectivity index (χ2n) is 7.89.